The fourth-order valence-corrected chi connectivity index (χ4v) is 5.75. The maximum atomic E-state index is 13.4. The molecule has 0 unspecified atom stereocenters. The van der Waals surface area contributed by atoms with Gasteiger partial charge in [-0.3, -0.25) is 24.8 Å². The molecule has 214 valence electrons. The fraction of sp³-hybridized carbons (Fsp3) is 0.321. The van der Waals surface area contributed by atoms with E-state index in [9.17, 15) is 18.8 Å². The first-order valence-corrected chi connectivity index (χ1v) is 13.8. The molecule has 4 heterocycles. The second-order valence-electron chi connectivity index (χ2n) is 9.85. The first kappa shape index (κ1) is 28.3. The van der Waals surface area contributed by atoms with Gasteiger partial charge in [0, 0.05) is 34.0 Å². The Morgan fingerprint density at radius 1 is 1.20 bits per heavy atom. The quantitative estimate of drug-likeness (QED) is 0.235. The molecule has 2 aliphatic heterocycles. The van der Waals surface area contributed by atoms with Crippen LogP contribution in [0.4, 0.5) is 4.39 Å². The van der Waals surface area contributed by atoms with E-state index in [1.807, 2.05) is 6.92 Å². The number of carbonyl (C=O) groups is 3. The van der Waals surface area contributed by atoms with Crippen molar-refractivity contribution >= 4 is 34.9 Å². The van der Waals surface area contributed by atoms with Crippen LogP contribution in [0.25, 0.3) is 11.1 Å². The molecule has 2 aliphatic rings. The summed E-state index contributed by atoms with van der Waals surface area (Å²) in [6.07, 6.45) is 1.65. The molecule has 11 nitrogen and oxygen atoms in total. The van der Waals surface area contributed by atoms with Crippen LogP contribution in [0.2, 0.25) is 0 Å². The lowest BCUT2D eigenvalue weighted by Crippen LogP contribution is -2.49. The standard InChI is InChI=1S/C28H29FN6O5S/c1-16(23-10-19(14-41-23)25(30)31)34-27(38)22-11-28(39-8-9-40-28)15-35(22)24(36)13-33-26(37)21-7-4-18(12-32-21)17-2-5-20(29)6-3-17/h2-7,10,12,14,16,22H,8-9,11,13,15H2,1H3,(H3,30,31)(H,33,37)(H,34,38)/t16-,22+/m1/s1. The number of nitrogens with two attached hydrogens (primary N) is 1. The summed E-state index contributed by atoms with van der Waals surface area (Å²) in [6.45, 7) is 2.20. The summed E-state index contributed by atoms with van der Waals surface area (Å²) < 4.78 is 24.8. The van der Waals surface area contributed by atoms with Crippen LogP contribution in [0, 0.1) is 11.2 Å². The number of nitrogen functional groups attached to an aromatic ring is 1. The minimum absolute atomic E-state index is 0.0479. The molecule has 0 saturated carbocycles. The van der Waals surface area contributed by atoms with Crippen LogP contribution >= 0.6 is 11.3 Å². The Kier molecular flexibility index (Phi) is 8.10. The molecule has 3 amide bonds. The highest BCUT2D eigenvalue weighted by molar-refractivity contribution is 7.10. The Balaban J connectivity index is 1.22. The number of rotatable bonds is 8. The summed E-state index contributed by atoms with van der Waals surface area (Å²) in [5, 5.41) is 14.8. The van der Waals surface area contributed by atoms with Gasteiger partial charge >= 0.3 is 0 Å². The van der Waals surface area contributed by atoms with E-state index in [0.717, 1.165) is 10.4 Å². The Morgan fingerprint density at radius 3 is 2.54 bits per heavy atom. The number of ether oxygens (including phenoxy) is 2. The van der Waals surface area contributed by atoms with Crippen LogP contribution in [-0.2, 0) is 19.1 Å². The lowest BCUT2D eigenvalue weighted by molar-refractivity contribution is -0.152. The van der Waals surface area contributed by atoms with Gasteiger partial charge in [0.15, 0.2) is 5.79 Å². The van der Waals surface area contributed by atoms with E-state index in [0.29, 0.717) is 24.3 Å². The highest BCUT2D eigenvalue weighted by atomic mass is 32.1. The highest BCUT2D eigenvalue weighted by Gasteiger charge is 2.52. The van der Waals surface area contributed by atoms with Crippen LogP contribution < -0.4 is 16.4 Å². The summed E-state index contributed by atoms with van der Waals surface area (Å²) in [6, 6.07) is 9.59. The monoisotopic (exact) mass is 580 g/mol. The third-order valence-electron chi connectivity index (χ3n) is 7.02. The van der Waals surface area contributed by atoms with Gasteiger partial charge in [-0.05, 0) is 36.8 Å². The predicted octanol–water partition coefficient (Wildman–Crippen LogP) is 2.18. The zero-order valence-corrected chi connectivity index (χ0v) is 23.0. The number of nitrogens with zero attached hydrogens (tertiary/aromatic N) is 2. The van der Waals surface area contributed by atoms with Crippen LogP contribution in [0.1, 0.15) is 40.3 Å². The maximum Gasteiger partial charge on any atom is 0.270 e. The molecule has 2 fully saturated rings. The van der Waals surface area contributed by atoms with Crippen LogP contribution in [0.3, 0.4) is 0 Å². The third kappa shape index (κ3) is 6.26. The summed E-state index contributed by atoms with van der Waals surface area (Å²) in [5.41, 5.74) is 7.69. The van der Waals surface area contributed by atoms with E-state index >= 15 is 0 Å². The van der Waals surface area contributed by atoms with Crippen LogP contribution in [-0.4, -0.2) is 71.6 Å². The topological polar surface area (TPSA) is 160 Å². The first-order valence-electron chi connectivity index (χ1n) is 12.9. The second kappa shape index (κ2) is 11.7. The van der Waals surface area contributed by atoms with Crippen molar-refractivity contribution in [2.45, 2.75) is 31.2 Å². The summed E-state index contributed by atoms with van der Waals surface area (Å²) in [7, 11) is 0. The Labute approximate surface area is 239 Å². The van der Waals surface area contributed by atoms with Crippen molar-refractivity contribution in [2.75, 3.05) is 26.3 Å². The Hall–Kier alpha value is -4.20. The highest BCUT2D eigenvalue weighted by Crippen LogP contribution is 2.35. The number of hydrogen-bond donors (Lipinski definition) is 4. The molecule has 0 aliphatic carbocycles. The average molecular weight is 581 g/mol. The van der Waals surface area contributed by atoms with E-state index in [-0.39, 0.29) is 48.8 Å². The van der Waals surface area contributed by atoms with Gasteiger partial charge in [-0.15, -0.1) is 11.3 Å². The first-order chi connectivity index (χ1) is 19.6. The van der Waals surface area contributed by atoms with E-state index in [4.69, 9.17) is 20.6 Å². The van der Waals surface area contributed by atoms with E-state index < -0.39 is 23.6 Å². The largest absolute Gasteiger partial charge is 0.384 e. The molecule has 5 rings (SSSR count). The van der Waals surface area contributed by atoms with Crippen molar-refractivity contribution in [1.82, 2.24) is 20.5 Å². The van der Waals surface area contributed by atoms with Crippen LogP contribution in [0.15, 0.2) is 54.0 Å². The van der Waals surface area contributed by atoms with Gasteiger partial charge in [0.05, 0.1) is 32.3 Å². The van der Waals surface area contributed by atoms with Gasteiger partial charge in [-0.25, -0.2) is 4.39 Å². The van der Waals surface area contributed by atoms with Crippen molar-refractivity contribution in [3.8, 4) is 11.1 Å². The lowest BCUT2D eigenvalue weighted by atomic mass is 10.1. The number of nitrogens with one attached hydrogen (secondary N) is 3. The number of pyridine rings is 1. The summed E-state index contributed by atoms with van der Waals surface area (Å²) in [4.78, 5) is 45.7. The van der Waals surface area contributed by atoms with Crippen molar-refractivity contribution < 1.29 is 28.2 Å². The molecule has 3 aromatic rings. The van der Waals surface area contributed by atoms with E-state index in [1.165, 1.54) is 40.6 Å². The van der Waals surface area contributed by atoms with Crippen molar-refractivity contribution in [3.63, 3.8) is 0 Å². The van der Waals surface area contributed by atoms with Gasteiger partial charge in [-0.2, -0.15) is 0 Å². The maximum absolute atomic E-state index is 13.4. The molecular weight excluding hydrogens is 551 g/mol. The molecular formula is C28H29FN6O5S. The molecule has 13 heteroatoms. The predicted molar refractivity (Wildman–Crippen MR) is 149 cm³/mol. The van der Waals surface area contributed by atoms with Crippen molar-refractivity contribution in [1.29, 1.82) is 5.41 Å². The number of thiophene rings is 1. The van der Waals surface area contributed by atoms with Gasteiger partial charge in [0.25, 0.3) is 5.91 Å². The second-order valence-corrected chi connectivity index (χ2v) is 10.8. The van der Waals surface area contributed by atoms with Crippen LogP contribution in [0.5, 0.6) is 0 Å². The number of amides is 3. The number of likely N-dealkylation sites (tertiary alicyclic amines) is 1. The number of aromatic nitrogens is 1. The van der Waals surface area contributed by atoms with Gasteiger partial charge in [-0.1, -0.05) is 18.2 Å². The van der Waals surface area contributed by atoms with Crippen molar-refractivity contribution in [3.05, 3.63) is 76.0 Å². The zero-order valence-electron chi connectivity index (χ0n) is 22.2. The minimum atomic E-state index is -1.08. The number of amidine groups is 1. The molecule has 2 saturated heterocycles. The SMILES string of the molecule is C[C@@H](NC(=O)[C@@H]1CC2(CN1C(=O)CNC(=O)c1ccc(-c3ccc(F)cc3)cn1)OCCO2)c1cc(C(=N)N)cs1. The zero-order chi connectivity index (χ0) is 29.1. The lowest BCUT2D eigenvalue weighted by Gasteiger charge is -2.25. The average Bonchev–Trinajstić information content (AvgIpc) is 3.73. The number of carbonyl (C=O) groups excluding carboxylic acids is 3. The molecule has 2 aromatic heterocycles. The van der Waals surface area contributed by atoms with Gasteiger partial charge in [0.2, 0.25) is 11.8 Å². The minimum Gasteiger partial charge on any atom is -0.384 e. The molecule has 0 bridgehead atoms. The molecule has 2 atom stereocenters. The third-order valence-corrected chi connectivity index (χ3v) is 8.13. The summed E-state index contributed by atoms with van der Waals surface area (Å²) >= 11 is 1.37. The molecule has 0 radical (unpaired) electrons. The smallest absolute Gasteiger partial charge is 0.270 e. The molecule has 1 aromatic carbocycles. The van der Waals surface area contributed by atoms with Crippen molar-refractivity contribution in [2.24, 2.45) is 5.73 Å². The molecule has 1 spiro atoms. The molecule has 5 N–H and O–H groups in total. The van der Waals surface area contributed by atoms with E-state index in [1.54, 1.807) is 29.6 Å². The van der Waals surface area contributed by atoms with E-state index in [2.05, 4.69) is 15.6 Å². The number of benzene rings is 1. The Morgan fingerprint density at radius 2 is 1.90 bits per heavy atom. The van der Waals surface area contributed by atoms with Gasteiger partial charge < -0.3 is 30.7 Å². The number of hydrogen-bond acceptors (Lipinski definition) is 8. The number of halogens is 1. The normalized spacial score (nSPS) is 18.3. The van der Waals surface area contributed by atoms with Gasteiger partial charge in [0.1, 0.15) is 23.4 Å². The summed E-state index contributed by atoms with van der Waals surface area (Å²) in [5.74, 6) is -2.90. The fourth-order valence-electron chi connectivity index (χ4n) is 4.83. The molecule has 41 heavy (non-hydrogen) atoms. The Bertz CT molecular complexity index is 1460.